The molecule has 0 unspecified atom stereocenters. The van der Waals surface area contributed by atoms with Gasteiger partial charge < -0.3 is 10.2 Å². The van der Waals surface area contributed by atoms with Crippen molar-refractivity contribution in [2.45, 2.75) is 19.5 Å². The van der Waals surface area contributed by atoms with Crippen LogP contribution in [-0.2, 0) is 0 Å². The summed E-state index contributed by atoms with van der Waals surface area (Å²) in [6.45, 7) is 7.46. The van der Waals surface area contributed by atoms with Crippen molar-refractivity contribution in [2.75, 3.05) is 28.7 Å². The maximum Gasteiger partial charge on any atom is 0.126 e. The molecule has 23 heavy (non-hydrogen) atoms. The minimum Gasteiger partial charge on any atom is -0.367 e. The van der Waals surface area contributed by atoms with Gasteiger partial charge in [-0.25, -0.2) is 9.37 Å². The van der Waals surface area contributed by atoms with Gasteiger partial charge in [0.05, 0.1) is 23.3 Å². The van der Waals surface area contributed by atoms with Crippen molar-refractivity contribution in [2.24, 2.45) is 0 Å². The van der Waals surface area contributed by atoms with Crippen molar-refractivity contribution in [1.29, 1.82) is 0 Å². The third-order valence-corrected chi connectivity index (χ3v) is 3.83. The average molecular weight is 312 g/mol. The molecule has 0 radical (unpaired) electrons. The van der Waals surface area contributed by atoms with Crippen molar-refractivity contribution in [3.05, 3.63) is 55.0 Å². The number of aromatic nitrogens is 1. The molecule has 1 aliphatic rings. The molecule has 1 aliphatic heterocycles. The molecule has 0 saturated heterocycles. The van der Waals surface area contributed by atoms with Crippen LogP contribution in [0.3, 0.4) is 0 Å². The fraction of sp³-hybridized carbons (Fsp3) is 0.278. The van der Waals surface area contributed by atoms with E-state index in [0.717, 1.165) is 22.9 Å². The van der Waals surface area contributed by atoms with Gasteiger partial charge in [-0.05, 0) is 38.1 Å². The Hall–Kier alpha value is -2.56. The minimum absolute atomic E-state index is 0.224. The summed E-state index contributed by atoms with van der Waals surface area (Å²) in [6.07, 6.45) is 1.77. The van der Waals surface area contributed by atoms with E-state index >= 15 is 0 Å². The lowest BCUT2D eigenvalue weighted by Gasteiger charge is -2.22. The second kappa shape index (κ2) is 5.57. The smallest absolute Gasteiger partial charge is 0.126 e. The Labute approximate surface area is 136 Å². The predicted octanol–water partition coefficient (Wildman–Crippen LogP) is 4.30. The molecular weight excluding hydrogens is 291 g/mol. The summed E-state index contributed by atoms with van der Waals surface area (Å²) < 4.78 is 13.5. The van der Waals surface area contributed by atoms with Gasteiger partial charge in [-0.2, -0.15) is 0 Å². The number of nitrogens with one attached hydrogen (secondary N) is 1. The maximum absolute atomic E-state index is 13.5. The normalized spacial score (nSPS) is 14.2. The molecule has 120 valence electrons. The topological polar surface area (TPSA) is 31.4 Å². The summed E-state index contributed by atoms with van der Waals surface area (Å²) in [6, 6.07) is 12.0. The zero-order valence-corrected chi connectivity index (χ0v) is 13.7. The van der Waals surface area contributed by atoms with Crippen LogP contribution >= 0.6 is 0 Å². The van der Waals surface area contributed by atoms with Gasteiger partial charge >= 0.3 is 0 Å². The number of nitrogens with zero attached hydrogens (tertiary/aromatic N) is 3. The zero-order chi connectivity index (χ0) is 16.6. The van der Waals surface area contributed by atoms with E-state index in [9.17, 15) is 4.39 Å². The second-order valence-electron chi connectivity index (χ2n) is 6.27. The molecule has 0 aliphatic carbocycles. The lowest BCUT2D eigenvalue weighted by molar-refractivity contribution is 0.235. The summed E-state index contributed by atoms with van der Waals surface area (Å²) in [5, 5.41) is 3.00. The van der Waals surface area contributed by atoms with Gasteiger partial charge in [0.2, 0.25) is 0 Å². The Morgan fingerprint density at radius 3 is 2.48 bits per heavy atom. The molecule has 0 atom stereocenters. The van der Waals surface area contributed by atoms with Crippen LogP contribution in [0.15, 0.2) is 55.0 Å². The van der Waals surface area contributed by atoms with E-state index < -0.39 is 5.67 Å². The van der Waals surface area contributed by atoms with Crippen LogP contribution in [0, 0.1) is 0 Å². The van der Waals surface area contributed by atoms with E-state index in [1.807, 2.05) is 36.2 Å². The standard InChI is InChI=1S/C18H21FN4/c1-13-22(4)15-7-5-6-8-16(15)23(13)14-9-10-17(20-11-14)21-12-18(2,3)19/h5-11H,1,12H2,2-4H3,(H,20,21). The Morgan fingerprint density at radius 2 is 1.87 bits per heavy atom. The van der Waals surface area contributed by atoms with Crippen LogP contribution in [-0.4, -0.2) is 24.2 Å². The molecule has 5 heteroatoms. The Balaban J connectivity index is 1.84. The Kier molecular flexibility index (Phi) is 3.72. The van der Waals surface area contributed by atoms with Gasteiger partial charge in [-0.15, -0.1) is 0 Å². The van der Waals surface area contributed by atoms with Crippen molar-refractivity contribution >= 4 is 22.9 Å². The molecule has 2 heterocycles. The molecule has 0 amide bonds. The summed E-state index contributed by atoms with van der Waals surface area (Å²) >= 11 is 0. The lowest BCUT2D eigenvalue weighted by atomic mass is 10.2. The molecule has 0 saturated carbocycles. The highest BCUT2D eigenvalue weighted by atomic mass is 19.1. The third-order valence-electron chi connectivity index (χ3n) is 3.83. The Morgan fingerprint density at radius 1 is 1.17 bits per heavy atom. The molecular formula is C18H21FN4. The van der Waals surface area contributed by atoms with Crippen molar-refractivity contribution < 1.29 is 4.39 Å². The van der Waals surface area contributed by atoms with Gasteiger partial charge in [0.15, 0.2) is 0 Å². The highest BCUT2D eigenvalue weighted by Gasteiger charge is 2.28. The van der Waals surface area contributed by atoms with Crippen molar-refractivity contribution in [3.8, 4) is 0 Å². The largest absolute Gasteiger partial charge is 0.367 e. The minimum atomic E-state index is -1.27. The number of alkyl halides is 1. The average Bonchev–Trinajstić information content (AvgIpc) is 2.77. The number of anilines is 4. The van der Waals surface area contributed by atoms with Crippen LogP contribution < -0.4 is 15.1 Å². The molecule has 2 aromatic rings. The number of hydrogen-bond donors (Lipinski definition) is 1. The fourth-order valence-electron chi connectivity index (χ4n) is 2.58. The van der Waals surface area contributed by atoms with Crippen LogP contribution in [0.25, 0.3) is 0 Å². The molecule has 0 bridgehead atoms. The van der Waals surface area contributed by atoms with E-state index in [-0.39, 0.29) is 6.54 Å². The first-order chi connectivity index (χ1) is 10.9. The van der Waals surface area contributed by atoms with Gasteiger partial charge in [0, 0.05) is 13.6 Å². The summed E-state index contributed by atoms with van der Waals surface area (Å²) in [4.78, 5) is 8.49. The molecule has 0 spiro atoms. The quantitative estimate of drug-likeness (QED) is 0.912. The lowest BCUT2D eigenvalue weighted by Crippen LogP contribution is -2.25. The van der Waals surface area contributed by atoms with Crippen LogP contribution in [0.4, 0.5) is 27.3 Å². The van der Waals surface area contributed by atoms with E-state index in [1.165, 1.54) is 13.8 Å². The molecule has 4 nitrogen and oxygen atoms in total. The first-order valence-corrected chi connectivity index (χ1v) is 7.57. The maximum atomic E-state index is 13.5. The number of para-hydroxylation sites is 2. The molecule has 1 N–H and O–H groups in total. The highest BCUT2D eigenvalue weighted by molar-refractivity contribution is 5.87. The number of rotatable bonds is 4. The van der Waals surface area contributed by atoms with Crippen LogP contribution in [0.1, 0.15) is 13.8 Å². The van der Waals surface area contributed by atoms with Crippen molar-refractivity contribution in [3.63, 3.8) is 0 Å². The number of halogens is 1. The number of fused-ring (bicyclic) bond motifs is 1. The van der Waals surface area contributed by atoms with E-state index in [4.69, 9.17) is 0 Å². The van der Waals surface area contributed by atoms with E-state index in [1.54, 1.807) is 6.20 Å². The Bertz CT molecular complexity index is 719. The SMILES string of the molecule is C=C1N(C)c2ccccc2N1c1ccc(NCC(C)(C)F)nc1. The number of hydrogen-bond acceptors (Lipinski definition) is 4. The van der Waals surface area contributed by atoms with Crippen molar-refractivity contribution in [1.82, 2.24) is 4.98 Å². The first-order valence-electron chi connectivity index (χ1n) is 7.57. The first kappa shape index (κ1) is 15.3. The number of benzene rings is 1. The molecule has 1 aromatic carbocycles. The number of pyridine rings is 1. The summed E-state index contributed by atoms with van der Waals surface area (Å²) in [5.74, 6) is 1.53. The van der Waals surface area contributed by atoms with Gasteiger partial charge in [0.25, 0.3) is 0 Å². The van der Waals surface area contributed by atoms with Gasteiger partial charge in [-0.1, -0.05) is 18.7 Å². The monoisotopic (exact) mass is 312 g/mol. The van der Waals surface area contributed by atoms with Gasteiger partial charge in [0.1, 0.15) is 17.3 Å². The zero-order valence-electron chi connectivity index (χ0n) is 13.7. The highest BCUT2D eigenvalue weighted by Crippen LogP contribution is 2.44. The summed E-state index contributed by atoms with van der Waals surface area (Å²) in [5.41, 5.74) is 1.84. The summed E-state index contributed by atoms with van der Waals surface area (Å²) in [7, 11) is 1.99. The third kappa shape index (κ3) is 2.99. The van der Waals surface area contributed by atoms with Crippen LogP contribution in [0.5, 0.6) is 0 Å². The van der Waals surface area contributed by atoms with Crippen LogP contribution in [0.2, 0.25) is 0 Å². The van der Waals surface area contributed by atoms with E-state index in [2.05, 4.69) is 33.9 Å². The molecule has 3 rings (SSSR count). The second-order valence-corrected chi connectivity index (χ2v) is 6.27. The van der Waals surface area contributed by atoms with Gasteiger partial charge in [-0.3, -0.25) is 4.90 Å². The molecule has 0 fully saturated rings. The fourth-order valence-corrected chi connectivity index (χ4v) is 2.58. The predicted molar refractivity (Wildman–Crippen MR) is 94.0 cm³/mol. The molecule has 1 aromatic heterocycles. The van der Waals surface area contributed by atoms with E-state index in [0.29, 0.717) is 5.82 Å².